The van der Waals surface area contributed by atoms with Gasteiger partial charge in [0, 0.05) is 11.6 Å². The molecule has 2 aromatic rings. The summed E-state index contributed by atoms with van der Waals surface area (Å²) in [6.45, 7) is 3.67. The SMILES string of the molecule is CC1CCOC1(Cn1cncn1)c1ccc(Cl)cc1. The summed E-state index contributed by atoms with van der Waals surface area (Å²) in [5.74, 6) is 0.429. The molecule has 1 aliphatic rings. The van der Waals surface area contributed by atoms with E-state index in [1.165, 1.54) is 0 Å². The van der Waals surface area contributed by atoms with Crippen LogP contribution in [-0.4, -0.2) is 21.4 Å². The maximum absolute atomic E-state index is 6.12. The van der Waals surface area contributed by atoms with Crippen LogP contribution in [0.4, 0.5) is 0 Å². The molecule has 19 heavy (non-hydrogen) atoms. The Bertz CT molecular complexity index is 540. The Morgan fingerprint density at radius 2 is 2.21 bits per heavy atom. The van der Waals surface area contributed by atoms with E-state index in [-0.39, 0.29) is 5.60 Å². The fourth-order valence-corrected chi connectivity index (χ4v) is 2.87. The molecule has 3 rings (SSSR count). The van der Waals surface area contributed by atoms with Gasteiger partial charge in [0.1, 0.15) is 18.3 Å². The molecule has 5 heteroatoms. The van der Waals surface area contributed by atoms with Crippen LogP contribution >= 0.6 is 11.6 Å². The van der Waals surface area contributed by atoms with Crippen LogP contribution in [0.15, 0.2) is 36.9 Å². The summed E-state index contributed by atoms with van der Waals surface area (Å²) in [7, 11) is 0. The van der Waals surface area contributed by atoms with Gasteiger partial charge in [-0.3, -0.25) is 0 Å². The van der Waals surface area contributed by atoms with Gasteiger partial charge in [-0.25, -0.2) is 9.67 Å². The fourth-order valence-electron chi connectivity index (χ4n) is 2.74. The van der Waals surface area contributed by atoms with Crippen LogP contribution in [0.2, 0.25) is 5.02 Å². The Morgan fingerprint density at radius 1 is 1.42 bits per heavy atom. The number of rotatable bonds is 3. The first-order valence-electron chi connectivity index (χ1n) is 6.43. The van der Waals surface area contributed by atoms with Gasteiger partial charge < -0.3 is 4.74 Å². The van der Waals surface area contributed by atoms with E-state index in [0.29, 0.717) is 12.5 Å². The van der Waals surface area contributed by atoms with E-state index in [2.05, 4.69) is 17.0 Å². The quantitative estimate of drug-likeness (QED) is 0.866. The molecule has 1 aliphatic heterocycles. The van der Waals surface area contributed by atoms with Gasteiger partial charge in [-0.15, -0.1) is 0 Å². The molecule has 1 aromatic carbocycles. The van der Waals surface area contributed by atoms with Crippen molar-refractivity contribution < 1.29 is 4.74 Å². The van der Waals surface area contributed by atoms with Crippen LogP contribution in [-0.2, 0) is 16.9 Å². The van der Waals surface area contributed by atoms with E-state index in [1.54, 1.807) is 12.7 Å². The summed E-state index contributed by atoms with van der Waals surface area (Å²) in [5.41, 5.74) is 0.815. The van der Waals surface area contributed by atoms with E-state index in [0.717, 1.165) is 23.6 Å². The highest BCUT2D eigenvalue weighted by molar-refractivity contribution is 6.30. The second-order valence-electron chi connectivity index (χ2n) is 5.03. The minimum atomic E-state index is -0.335. The van der Waals surface area contributed by atoms with Crippen molar-refractivity contribution >= 4 is 11.6 Å². The van der Waals surface area contributed by atoms with E-state index in [4.69, 9.17) is 16.3 Å². The zero-order chi connectivity index (χ0) is 13.3. The van der Waals surface area contributed by atoms with Crippen LogP contribution in [0.1, 0.15) is 18.9 Å². The molecular weight excluding hydrogens is 262 g/mol. The third kappa shape index (κ3) is 2.26. The van der Waals surface area contributed by atoms with Crippen molar-refractivity contribution in [1.82, 2.24) is 14.8 Å². The summed E-state index contributed by atoms with van der Waals surface area (Å²) < 4.78 is 7.95. The Balaban J connectivity index is 1.99. The van der Waals surface area contributed by atoms with E-state index in [9.17, 15) is 0 Å². The molecule has 0 aliphatic carbocycles. The van der Waals surface area contributed by atoms with Gasteiger partial charge in [-0.1, -0.05) is 30.7 Å². The number of benzene rings is 1. The molecule has 100 valence electrons. The second kappa shape index (κ2) is 4.94. The van der Waals surface area contributed by atoms with Crippen LogP contribution in [0.3, 0.4) is 0 Å². The minimum absolute atomic E-state index is 0.335. The Morgan fingerprint density at radius 3 is 2.79 bits per heavy atom. The number of halogens is 1. The highest BCUT2D eigenvalue weighted by Crippen LogP contribution is 2.42. The van der Waals surface area contributed by atoms with Crippen LogP contribution in [0.5, 0.6) is 0 Å². The monoisotopic (exact) mass is 277 g/mol. The zero-order valence-corrected chi connectivity index (χ0v) is 11.5. The third-order valence-electron chi connectivity index (χ3n) is 3.90. The third-order valence-corrected chi connectivity index (χ3v) is 4.15. The predicted molar refractivity (Wildman–Crippen MR) is 72.9 cm³/mol. The average molecular weight is 278 g/mol. The molecule has 0 radical (unpaired) electrons. The largest absolute Gasteiger partial charge is 0.368 e. The zero-order valence-electron chi connectivity index (χ0n) is 10.8. The molecule has 2 atom stereocenters. The normalized spacial score (nSPS) is 26.7. The standard InChI is InChI=1S/C14H16ClN3O/c1-11-6-7-19-14(11,8-18-10-16-9-17-18)12-2-4-13(15)5-3-12/h2-5,9-11H,6-8H2,1H3. The first kappa shape index (κ1) is 12.6. The molecule has 1 aromatic heterocycles. The van der Waals surface area contributed by atoms with Crippen molar-refractivity contribution in [3.05, 3.63) is 47.5 Å². The van der Waals surface area contributed by atoms with Crippen LogP contribution in [0.25, 0.3) is 0 Å². The molecule has 0 bridgehead atoms. The molecular formula is C14H16ClN3O. The number of ether oxygens (including phenoxy) is 1. The number of aromatic nitrogens is 3. The molecule has 0 saturated carbocycles. The average Bonchev–Trinajstić information content (AvgIpc) is 3.02. The number of hydrogen-bond acceptors (Lipinski definition) is 3. The van der Waals surface area contributed by atoms with E-state index >= 15 is 0 Å². The van der Waals surface area contributed by atoms with Crippen molar-refractivity contribution in [1.29, 1.82) is 0 Å². The van der Waals surface area contributed by atoms with Gasteiger partial charge >= 0.3 is 0 Å². The second-order valence-corrected chi connectivity index (χ2v) is 5.46. The number of hydrogen-bond donors (Lipinski definition) is 0. The van der Waals surface area contributed by atoms with Gasteiger partial charge in [-0.2, -0.15) is 5.10 Å². The maximum atomic E-state index is 6.12. The highest BCUT2D eigenvalue weighted by Gasteiger charge is 2.43. The topological polar surface area (TPSA) is 39.9 Å². The summed E-state index contributed by atoms with van der Waals surface area (Å²) in [4.78, 5) is 4.00. The lowest BCUT2D eigenvalue weighted by atomic mass is 9.82. The van der Waals surface area contributed by atoms with Crippen molar-refractivity contribution in [2.75, 3.05) is 6.61 Å². The molecule has 1 saturated heterocycles. The van der Waals surface area contributed by atoms with Gasteiger partial charge in [0.15, 0.2) is 0 Å². The molecule has 2 unspecified atom stereocenters. The minimum Gasteiger partial charge on any atom is -0.368 e. The van der Waals surface area contributed by atoms with Crippen molar-refractivity contribution in [3.63, 3.8) is 0 Å². The first-order chi connectivity index (χ1) is 9.21. The van der Waals surface area contributed by atoms with Crippen molar-refractivity contribution in [2.45, 2.75) is 25.5 Å². The first-order valence-corrected chi connectivity index (χ1v) is 6.81. The Hall–Kier alpha value is -1.39. The summed E-state index contributed by atoms with van der Waals surface area (Å²) in [6.07, 6.45) is 4.33. The molecule has 2 heterocycles. The predicted octanol–water partition coefficient (Wildman–Crippen LogP) is 2.88. The molecule has 4 nitrogen and oxygen atoms in total. The lowest BCUT2D eigenvalue weighted by Crippen LogP contribution is -2.36. The van der Waals surface area contributed by atoms with E-state index in [1.807, 2.05) is 28.9 Å². The highest BCUT2D eigenvalue weighted by atomic mass is 35.5. The maximum Gasteiger partial charge on any atom is 0.137 e. The summed E-state index contributed by atoms with van der Waals surface area (Å²) >= 11 is 5.97. The number of nitrogens with zero attached hydrogens (tertiary/aromatic N) is 3. The summed E-state index contributed by atoms with van der Waals surface area (Å²) in [6, 6.07) is 7.91. The van der Waals surface area contributed by atoms with Crippen LogP contribution in [0, 0.1) is 5.92 Å². The Labute approximate surface area is 117 Å². The smallest absolute Gasteiger partial charge is 0.137 e. The van der Waals surface area contributed by atoms with Gasteiger partial charge in [0.25, 0.3) is 0 Å². The lowest BCUT2D eigenvalue weighted by molar-refractivity contribution is -0.0397. The molecule has 1 fully saturated rings. The molecule has 0 amide bonds. The van der Waals surface area contributed by atoms with E-state index < -0.39 is 0 Å². The van der Waals surface area contributed by atoms with Crippen molar-refractivity contribution in [3.8, 4) is 0 Å². The Kier molecular flexibility index (Phi) is 3.29. The van der Waals surface area contributed by atoms with Gasteiger partial charge in [0.2, 0.25) is 0 Å². The lowest BCUT2D eigenvalue weighted by Gasteiger charge is -2.33. The van der Waals surface area contributed by atoms with Gasteiger partial charge in [0.05, 0.1) is 6.54 Å². The van der Waals surface area contributed by atoms with Crippen molar-refractivity contribution in [2.24, 2.45) is 5.92 Å². The molecule has 0 spiro atoms. The fraction of sp³-hybridized carbons (Fsp3) is 0.429. The summed E-state index contributed by atoms with van der Waals surface area (Å²) in [5, 5.41) is 4.94. The van der Waals surface area contributed by atoms with Crippen LogP contribution < -0.4 is 0 Å². The van der Waals surface area contributed by atoms with Gasteiger partial charge in [-0.05, 0) is 30.0 Å². The molecule has 0 N–H and O–H groups in total.